The van der Waals surface area contributed by atoms with Crippen LogP contribution in [0.4, 0.5) is 11.4 Å². The zero-order valence-electron chi connectivity index (χ0n) is 11.5. The minimum absolute atomic E-state index is 0.286. The fourth-order valence-corrected chi connectivity index (χ4v) is 2.08. The van der Waals surface area contributed by atoms with E-state index in [-0.39, 0.29) is 6.54 Å². The van der Waals surface area contributed by atoms with E-state index in [4.69, 9.17) is 11.5 Å². The predicted octanol–water partition coefficient (Wildman–Crippen LogP) is 0.385. The van der Waals surface area contributed by atoms with Crippen LogP contribution < -0.4 is 16.8 Å². The average molecular weight is 269 g/mol. The van der Waals surface area contributed by atoms with Crippen LogP contribution in [0.5, 0.6) is 0 Å². The van der Waals surface area contributed by atoms with Gasteiger partial charge in [-0.05, 0) is 32.4 Å². The number of benzene rings is 1. The summed E-state index contributed by atoms with van der Waals surface area (Å²) in [4.78, 5) is 0. The van der Waals surface area contributed by atoms with Crippen LogP contribution in [-0.4, -0.2) is 21.5 Å². The van der Waals surface area contributed by atoms with Gasteiger partial charge >= 0.3 is 0 Å². The van der Waals surface area contributed by atoms with Crippen molar-refractivity contribution in [1.82, 2.24) is 5.32 Å². The van der Waals surface area contributed by atoms with Gasteiger partial charge in [0.25, 0.3) is 0 Å². The molecular formula is C13H23N3O3. The van der Waals surface area contributed by atoms with Gasteiger partial charge in [-0.2, -0.15) is 0 Å². The Morgan fingerprint density at radius 1 is 1.11 bits per heavy atom. The zero-order chi connectivity index (χ0) is 14.7. The molecule has 108 valence electrons. The Morgan fingerprint density at radius 3 is 2.11 bits per heavy atom. The molecule has 3 atom stereocenters. The van der Waals surface area contributed by atoms with Crippen molar-refractivity contribution in [2.45, 2.75) is 45.8 Å². The monoisotopic (exact) mass is 269 g/mol. The van der Waals surface area contributed by atoms with Crippen molar-refractivity contribution in [3.8, 4) is 0 Å². The molecule has 0 aliphatic rings. The highest BCUT2D eigenvalue weighted by molar-refractivity contribution is 5.67. The van der Waals surface area contributed by atoms with E-state index in [2.05, 4.69) is 5.32 Å². The van der Waals surface area contributed by atoms with Crippen LogP contribution in [0.1, 0.15) is 49.7 Å². The van der Waals surface area contributed by atoms with Crippen LogP contribution in [-0.2, 0) is 6.54 Å². The summed E-state index contributed by atoms with van der Waals surface area (Å²) in [6, 6.07) is 1.60. The molecule has 1 rings (SSSR count). The fourth-order valence-electron chi connectivity index (χ4n) is 2.08. The highest BCUT2D eigenvalue weighted by Crippen LogP contribution is 2.35. The molecule has 0 aromatic heterocycles. The molecule has 1 aromatic carbocycles. The second-order valence-electron chi connectivity index (χ2n) is 4.77. The molecule has 0 saturated carbocycles. The van der Waals surface area contributed by atoms with E-state index in [1.54, 1.807) is 26.8 Å². The van der Waals surface area contributed by atoms with Crippen LogP contribution >= 0.6 is 0 Å². The molecule has 19 heavy (non-hydrogen) atoms. The number of hydrogen-bond acceptors (Lipinski definition) is 6. The maximum Gasteiger partial charge on any atom is 0.102 e. The molecule has 0 spiro atoms. The lowest BCUT2D eigenvalue weighted by atomic mass is 9.93. The second kappa shape index (κ2) is 6.21. The predicted molar refractivity (Wildman–Crippen MR) is 75.1 cm³/mol. The first-order chi connectivity index (χ1) is 8.75. The van der Waals surface area contributed by atoms with E-state index in [9.17, 15) is 15.3 Å². The van der Waals surface area contributed by atoms with Crippen molar-refractivity contribution in [1.29, 1.82) is 0 Å². The molecule has 6 heteroatoms. The highest BCUT2D eigenvalue weighted by Gasteiger charge is 2.20. The number of nitrogens with one attached hydrogen (secondary N) is 1. The van der Waals surface area contributed by atoms with Crippen molar-refractivity contribution in [2.75, 3.05) is 11.5 Å². The molecule has 0 saturated heterocycles. The summed E-state index contributed by atoms with van der Waals surface area (Å²) in [5.74, 6) is 0. The smallest absolute Gasteiger partial charge is 0.102 e. The van der Waals surface area contributed by atoms with Gasteiger partial charge in [0.05, 0.1) is 12.2 Å². The first-order valence-electron chi connectivity index (χ1n) is 6.23. The number of aliphatic hydroxyl groups excluding tert-OH is 3. The Morgan fingerprint density at radius 2 is 1.68 bits per heavy atom. The van der Waals surface area contributed by atoms with Gasteiger partial charge in [-0.15, -0.1) is 0 Å². The van der Waals surface area contributed by atoms with Crippen LogP contribution in [0.3, 0.4) is 0 Å². The van der Waals surface area contributed by atoms with Crippen molar-refractivity contribution < 1.29 is 15.3 Å². The molecule has 1 aromatic rings. The Balaban J connectivity index is 3.33. The zero-order valence-corrected chi connectivity index (χ0v) is 11.5. The standard InChI is InChI=1S/C13H23N3O3/c1-6(17)9-4-11(14)10(5-16-8(3)19)12(7(2)18)13(9)15/h4,6-8,16-19H,5,14-15H2,1-3H3. The molecule has 3 unspecified atom stereocenters. The molecular weight excluding hydrogens is 246 g/mol. The number of nitrogens with two attached hydrogens (primary N) is 2. The molecule has 8 N–H and O–H groups in total. The summed E-state index contributed by atoms with van der Waals surface area (Å²) < 4.78 is 0. The maximum atomic E-state index is 9.87. The van der Waals surface area contributed by atoms with E-state index < -0.39 is 18.4 Å². The average Bonchev–Trinajstić information content (AvgIpc) is 2.28. The SMILES string of the molecule is CC(O)NCc1c(N)cc(C(C)O)c(N)c1C(C)O. The number of anilines is 2. The first kappa shape index (κ1) is 15.7. The highest BCUT2D eigenvalue weighted by atomic mass is 16.3. The van der Waals surface area contributed by atoms with Gasteiger partial charge in [-0.1, -0.05) is 0 Å². The Labute approximate surface area is 113 Å². The summed E-state index contributed by atoms with van der Waals surface area (Å²) in [6.07, 6.45) is -2.27. The normalized spacial score (nSPS) is 16.1. The third-order valence-corrected chi connectivity index (χ3v) is 3.03. The van der Waals surface area contributed by atoms with Crippen LogP contribution in [0.15, 0.2) is 6.07 Å². The maximum absolute atomic E-state index is 9.87. The van der Waals surface area contributed by atoms with E-state index in [0.29, 0.717) is 28.1 Å². The summed E-state index contributed by atoms with van der Waals surface area (Å²) in [6.45, 7) is 5.05. The van der Waals surface area contributed by atoms with Crippen molar-refractivity contribution in [3.63, 3.8) is 0 Å². The van der Waals surface area contributed by atoms with Crippen molar-refractivity contribution in [2.24, 2.45) is 0 Å². The largest absolute Gasteiger partial charge is 0.398 e. The number of hydrogen-bond donors (Lipinski definition) is 6. The van der Waals surface area contributed by atoms with E-state index in [1.165, 1.54) is 0 Å². The Kier molecular flexibility index (Phi) is 5.13. The molecule has 0 aliphatic carbocycles. The summed E-state index contributed by atoms with van der Waals surface area (Å²) in [5, 5.41) is 31.6. The number of aliphatic hydroxyl groups is 3. The Bertz CT molecular complexity index is 445. The molecule has 0 radical (unpaired) electrons. The molecule has 0 heterocycles. The van der Waals surface area contributed by atoms with Gasteiger partial charge in [0.2, 0.25) is 0 Å². The minimum Gasteiger partial charge on any atom is -0.398 e. The van der Waals surface area contributed by atoms with Gasteiger partial charge in [0, 0.05) is 29.0 Å². The van der Waals surface area contributed by atoms with Gasteiger partial charge in [0.1, 0.15) is 6.23 Å². The third-order valence-electron chi connectivity index (χ3n) is 3.03. The lowest BCUT2D eigenvalue weighted by molar-refractivity contribution is 0.153. The van der Waals surface area contributed by atoms with Crippen molar-refractivity contribution >= 4 is 11.4 Å². The van der Waals surface area contributed by atoms with E-state index in [1.807, 2.05) is 0 Å². The first-order valence-corrected chi connectivity index (χ1v) is 6.23. The fraction of sp³-hybridized carbons (Fsp3) is 0.538. The minimum atomic E-state index is -0.813. The molecule has 0 aliphatic heterocycles. The van der Waals surface area contributed by atoms with Crippen LogP contribution in [0.25, 0.3) is 0 Å². The lowest BCUT2D eigenvalue weighted by Gasteiger charge is -2.22. The Hall–Kier alpha value is -1.34. The molecule has 0 bridgehead atoms. The summed E-state index contributed by atoms with van der Waals surface area (Å²) in [7, 11) is 0. The quantitative estimate of drug-likeness (QED) is 0.339. The summed E-state index contributed by atoms with van der Waals surface area (Å²) in [5.41, 5.74) is 14.3. The molecule has 0 fully saturated rings. The van der Waals surface area contributed by atoms with Gasteiger partial charge < -0.3 is 26.8 Å². The summed E-state index contributed by atoms with van der Waals surface area (Å²) >= 11 is 0. The van der Waals surface area contributed by atoms with Gasteiger partial charge in [-0.25, -0.2) is 0 Å². The van der Waals surface area contributed by atoms with E-state index in [0.717, 1.165) is 0 Å². The topological polar surface area (TPSA) is 125 Å². The van der Waals surface area contributed by atoms with Gasteiger partial charge in [-0.3, -0.25) is 5.32 Å². The van der Waals surface area contributed by atoms with E-state index >= 15 is 0 Å². The van der Waals surface area contributed by atoms with Gasteiger partial charge in [0.15, 0.2) is 0 Å². The second-order valence-corrected chi connectivity index (χ2v) is 4.77. The lowest BCUT2D eigenvalue weighted by Crippen LogP contribution is -2.26. The molecule has 6 nitrogen and oxygen atoms in total. The molecule has 0 amide bonds. The number of nitrogen functional groups attached to an aromatic ring is 2. The number of rotatable bonds is 5. The van der Waals surface area contributed by atoms with Crippen molar-refractivity contribution in [3.05, 3.63) is 22.8 Å². The third kappa shape index (κ3) is 3.57. The van der Waals surface area contributed by atoms with Crippen LogP contribution in [0, 0.1) is 0 Å². The van der Waals surface area contributed by atoms with Crippen LogP contribution in [0.2, 0.25) is 0 Å².